The van der Waals surface area contributed by atoms with Gasteiger partial charge in [0.2, 0.25) is 0 Å². The van der Waals surface area contributed by atoms with Gasteiger partial charge in [-0.3, -0.25) is 14.4 Å². The molecule has 0 saturated heterocycles. The number of thioether (sulfide) groups is 1. The van der Waals surface area contributed by atoms with Crippen LogP contribution in [0.25, 0.3) is 32.3 Å². The van der Waals surface area contributed by atoms with Crippen LogP contribution < -0.4 is 25.4 Å². The standard InChI is InChI=1S/2C19H17NO3.C18H15NO2S/c1-2-23-18-10-6-5-9-16(18)20-19(22)15-11-13-7-3-4-8-14(13)12-17(15)21;1-2-23-16-9-5-8-15(12-16)20-19(22)17-10-13-6-3-4-7-14(13)11-18(17)21;1-22-17-9-5-4-8-15(17)19-18(21)14-10-12-6-2-3-7-13(12)11-16(14)20/h2*3-12,21H,2H2,1H3,(H,20,22);2-11,20H,1H3,(H,19,21). The zero-order chi connectivity index (χ0) is 48.0. The van der Waals surface area contributed by atoms with E-state index in [1.165, 1.54) is 0 Å². The minimum absolute atomic E-state index is 0.0159. The Morgan fingerprint density at radius 3 is 1.31 bits per heavy atom. The van der Waals surface area contributed by atoms with Crippen LogP contribution in [0.4, 0.5) is 17.1 Å². The molecule has 6 N–H and O–H groups in total. The van der Waals surface area contributed by atoms with E-state index < -0.39 is 0 Å². The van der Waals surface area contributed by atoms with Crippen LogP contribution in [0, 0.1) is 0 Å². The van der Waals surface area contributed by atoms with Gasteiger partial charge < -0.3 is 40.7 Å². The van der Waals surface area contributed by atoms with E-state index in [2.05, 4.69) is 16.0 Å². The molecular weight excluding hydrogens is 875 g/mol. The quantitative estimate of drug-likeness (QED) is 0.0692. The van der Waals surface area contributed by atoms with Gasteiger partial charge in [-0.25, -0.2) is 0 Å². The minimum atomic E-state index is -0.375. The Balaban J connectivity index is 0.000000151. The van der Waals surface area contributed by atoms with Crippen molar-refractivity contribution in [2.45, 2.75) is 18.7 Å². The number of amides is 3. The molecule has 12 heteroatoms. The largest absolute Gasteiger partial charge is 0.507 e. The van der Waals surface area contributed by atoms with Crippen molar-refractivity contribution in [3.05, 3.63) is 199 Å². The molecule has 11 nitrogen and oxygen atoms in total. The Bertz CT molecular complexity index is 3250. The van der Waals surface area contributed by atoms with Crippen molar-refractivity contribution in [2.24, 2.45) is 0 Å². The van der Waals surface area contributed by atoms with Crippen molar-refractivity contribution in [2.75, 3.05) is 35.4 Å². The van der Waals surface area contributed by atoms with E-state index >= 15 is 0 Å². The Morgan fingerprint density at radius 2 is 0.838 bits per heavy atom. The maximum Gasteiger partial charge on any atom is 0.259 e. The van der Waals surface area contributed by atoms with Crippen LogP contribution in [0.5, 0.6) is 28.7 Å². The van der Waals surface area contributed by atoms with E-state index in [0.717, 1.165) is 42.9 Å². The highest BCUT2D eigenvalue weighted by molar-refractivity contribution is 7.98. The van der Waals surface area contributed by atoms with Crippen LogP contribution in [0.15, 0.2) is 187 Å². The summed E-state index contributed by atoms with van der Waals surface area (Å²) in [6.45, 7) is 4.85. The van der Waals surface area contributed by atoms with Gasteiger partial charge >= 0.3 is 0 Å². The molecule has 0 aromatic heterocycles. The zero-order valence-electron chi connectivity index (χ0n) is 37.5. The molecule has 0 spiro atoms. The van der Waals surface area contributed by atoms with Gasteiger partial charge in [0.05, 0.1) is 41.3 Å². The summed E-state index contributed by atoms with van der Waals surface area (Å²) in [6, 6.07) is 54.6. The third-order valence-corrected chi connectivity index (χ3v) is 11.3. The van der Waals surface area contributed by atoms with Crippen LogP contribution >= 0.6 is 11.8 Å². The van der Waals surface area contributed by atoms with Gasteiger partial charge in [0.1, 0.15) is 28.7 Å². The highest BCUT2D eigenvalue weighted by atomic mass is 32.2. The molecule has 0 bridgehead atoms. The lowest BCUT2D eigenvalue weighted by Gasteiger charge is -2.12. The first-order chi connectivity index (χ1) is 33.0. The van der Waals surface area contributed by atoms with E-state index in [0.29, 0.717) is 36.1 Å². The number of benzene rings is 9. The number of hydrogen-bond acceptors (Lipinski definition) is 9. The summed E-state index contributed by atoms with van der Waals surface area (Å²) in [5, 5.41) is 44.2. The Hall–Kier alpha value is -8.48. The average Bonchev–Trinajstić information content (AvgIpc) is 3.34. The number of aromatic hydroxyl groups is 3. The van der Waals surface area contributed by atoms with Gasteiger partial charge in [0, 0.05) is 16.6 Å². The van der Waals surface area contributed by atoms with Gasteiger partial charge in [-0.15, -0.1) is 11.8 Å². The molecule has 0 aliphatic heterocycles. The molecule has 68 heavy (non-hydrogen) atoms. The van der Waals surface area contributed by atoms with Crippen molar-refractivity contribution >= 4 is 78.9 Å². The summed E-state index contributed by atoms with van der Waals surface area (Å²) in [7, 11) is 0. The van der Waals surface area contributed by atoms with E-state index in [4.69, 9.17) is 9.47 Å². The fourth-order valence-corrected chi connectivity index (χ4v) is 7.79. The lowest BCUT2D eigenvalue weighted by Crippen LogP contribution is -2.13. The first-order valence-corrected chi connectivity index (χ1v) is 22.9. The first-order valence-electron chi connectivity index (χ1n) is 21.7. The molecule has 3 amide bonds. The van der Waals surface area contributed by atoms with Crippen molar-refractivity contribution in [3.63, 3.8) is 0 Å². The van der Waals surface area contributed by atoms with E-state index in [-0.39, 0.29) is 51.7 Å². The van der Waals surface area contributed by atoms with Crippen LogP contribution in [-0.2, 0) is 0 Å². The van der Waals surface area contributed by atoms with E-state index in [1.54, 1.807) is 78.5 Å². The maximum absolute atomic E-state index is 12.5. The predicted molar refractivity (Wildman–Crippen MR) is 274 cm³/mol. The number of para-hydroxylation sites is 3. The van der Waals surface area contributed by atoms with Gasteiger partial charge in [-0.2, -0.15) is 0 Å². The number of nitrogens with one attached hydrogen (secondary N) is 3. The lowest BCUT2D eigenvalue weighted by molar-refractivity contribution is 0.101. The predicted octanol–water partition coefficient (Wildman–Crippen LogP) is 12.9. The zero-order valence-corrected chi connectivity index (χ0v) is 38.3. The SMILES string of the molecule is CCOc1cccc(NC(=O)c2cc3ccccc3cc2O)c1.CCOc1ccccc1NC(=O)c1cc2ccccc2cc1O.CSc1ccccc1NC(=O)c1cc2ccccc2cc1O. The van der Waals surface area contributed by atoms with Crippen LogP contribution in [-0.4, -0.2) is 52.5 Å². The molecule has 9 aromatic rings. The molecule has 9 aromatic carbocycles. The number of rotatable bonds is 11. The summed E-state index contributed by atoms with van der Waals surface area (Å²) in [5.74, 6) is 0.138. The first kappa shape index (κ1) is 47.5. The highest BCUT2D eigenvalue weighted by Crippen LogP contribution is 2.31. The van der Waals surface area contributed by atoms with Gasteiger partial charge in [0.25, 0.3) is 17.7 Å². The second-order valence-corrected chi connectivity index (χ2v) is 16.0. The topological polar surface area (TPSA) is 166 Å². The molecule has 0 radical (unpaired) electrons. The van der Waals surface area contributed by atoms with Crippen LogP contribution in [0.3, 0.4) is 0 Å². The van der Waals surface area contributed by atoms with Gasteiger partial charge in [-0.05, 0) is 125 Å². The highest BCUT2D eigenvalue weighted by Gasteiger charge is 2.17. The monoisotopic (exact) mass is 923 g/mol. The Labute approximate surface area is 398 Å². The number of carbonyl (C=O) groups excluding carboxylic acids is 3. The molecular formula is C56H49N3O8S. The van der Waals surface area contributed by atoms with Crippen molar-refractivity contribution in [3.8, 4) is 28.7 Å². The molecule has 0 aliphatic rings. The summed E-state index contributed by atoms with van der Waals surface area (Å²) >= 11 is 1.56. The number of fused-ring (bicyclic) bond motifs is 3. The number of phenols is 3. The number of hydrogen-bond donors (Lipinski definition) is 6. The van der Waals surface area contributed by atoms with Gasteiger partial charge in [0.15, 0.2) is 0 Å². The number of carbonyl (C=O) groups is 3. The number of phenolic OH excluding ortho intramolecular Hbond substituents is 3. The number of ether oxygens (including phenoxy) is 2. The van der Waals surface area contributed by atoms with Crippen molar-refractivity contribution in [1.29, 1.82) is 0 Å². The van der Waals surface area contributed by atoms with Crippen molar-refractivity contribution < 1.29 is 39.2 Å². The summed E-state index contributed by atoms with van der Waals surface area (Å²) in [5.41, 5.74) is 2.68. The second-order valence-electron chi connectivity index (χ2n) is 15.1. The molecule has 342 valence electrons. The second kappa shape index (κ2) is 22.6. The molecule has 0 saturated carbocycles. The van der Waals surface area contributed by atoms with Gasteiger partial charge in [-0.1, -0.05) is 103 Å². The maximum atomic E-state index is 12.5. The van der Waals surface area contributed by atoms with Crippen LogP contribution in [0.1, 0.15) is 44.9 Å². The normalized spacial score (nSPS) is 10.5. The molecule has 0 heterocycles. The minimum Gasteiger partial charge on any atom is -0.507 e. The fraction of sp³-hybridized carbons (Fsp3) is 0.0893. The summed E-state index contributed by atoms with van der Waals surface area (Å²) < 4.78 is 10.9. The molecule has 0 fully saturated rings. The smallest absolute Gasteiger partial charge is 0.259 e. The summed E-state index contributed by atoms with van der Waals surface area (Å²) in [6.07, 6.45) is 1.96. The fourth-order valence-electron chi connectivity index (χ4n) is 7.24. The molecule has 9 rings (SSSR count). The summed E-state index contributed by atoms with van der Waals surface area (Å²) in [4.78, 5) is 38.4. The lowest BCUT2D eigenvalue weighted by atomic mass is 10.1. The van der Waals surface area contributed by atoms with E-state index in [9.17, 15) is 29.7 Å². The molecule has 0 atom stereocenters. The van der Waals surface area contributed by atoms with E-state index in [1.807, 2.05) is 135 Å². The third kappa shape index (κ3) is 11.9. The molecule has 0 aliphatic carbocycles. The molecule has 0 unspecified atom stereocenters. The number of anilines is 3. The third-order valence-electron chi connectivity index (χ3n) is 10.5. The Kier molecular flexibility index (Phi) is 15.8. The average molecular weight is 924 g/mol. The van der Waals surface area contributed by atoms with Crippen LogP contribution in [0.2, 0.25) is 0 Å². The van der Waals surface area contributed by atoms with Crippen molar-refractivity contribution in [1.82, 2.24) is 0 Å². The Morgan fingerprint density at radius 1 is 0.441 bits per heavy atom.